The van der Waals surface area contributed by atoms with Crippen LogP contribution in [0.1, 0.15) is 93.7 Å². The highest BCUT2D eigenvalue weighted by Gasteiger charge is 2.35. The quantitative estimate of drug-likeness (QED) is 0.416. The first-order valence-corrected chi connectivity index (χ1v) is 12.9. The number of hydrogen-bond acceptors (Lipinski definition) is 5. The Bertz CT molecular complexity index is 1300. The molecular weight excluding hydrogens is 481 g/mol. The highest BCUT2D eigenvalue weighted by atomic mass is 35.5. The Morgan fingerprint density at radius 3 is 2.64 bits per heavy atom. The normalized spacial score (nSPS) is 21.1. The largest absolute Gasteiger partial charge is 0.490 e. The van der Waals surface area contributed by atoms with Gasteiger partial charge in [-0.15, -0.1) is 0 Å². The minimum atomic E-state index is -0.786. The molecule has 0 unspecified atom stereocenters. The fraction of sp³-hybridized carbons (Fsp3) is 0.519. The number of hydrogen-bond donors (Lipinski definition) is 2. The van der Waals surface area contributed by atoms with Crippen molar-refractivity contribution in [2.45, 2.75) is 84.8 Å². The molecule has 2 aromatic heterocycles. The summed E-state index contributed by atoms with van der Waals surface area (Å²) >= 11 is 6.38. The summed E-state index contributed by atoms with van der Waals surface area (Å²) in [7, 11) is 0. The maximum atomic E-state index is 15.5. The Balaban J connectivity index is 1.83. The van der Waals surface area contributed by atoms with Crippen LogP contribution < -0.4 is 15.8 Å². The third kappa shape index (κ3) is 4.88. The van der Waals surface area contributed by atoms with Crippen LogP contribution in [-0.2, 0) is 0 Å². The summed E-state index contributed by atoms with van der Waals surface area (Å²) in [5, 5.41) is 2.96. The molecule has 1 saturated carbocycles. The van der Waals surface area contributed by atoms with Crippen molar-refractivity contribution in [3.05, 3.63) is 51.9 Å². The molecule has 2 heterocycles. The molecule has 0 spiro atoms. The van der Waals surface area contributed by atoms with Gasteiger partial charge in [0.1, 0.15) is 28.5 Å². The topological polar surface area (TPSA) is 94.5 Å². The van der Waals surface area contributed by atoms with Gasteiger partial charge in [-0.2, -0.15) is 0 Å². The Morgan fingerprint density at radius 2 is 2.00 bits per heavy atom. The average molecular weight is 516 g/mol. The van der Waals surface area contributed by atoms with Gasteiger partial charge in [0.15, 0.2) is 5.82 Å². The average Bonchev–Trinajstić information content (AvgIpc) is 3.15. The third-order valence-electron chi connectivity index (χ3n) is 7.21. The summed E-state index contributed by atoms with van der Waals surface area (Å²) in [4.78, 5) is 22.5. The van der Waals surface area contributed by atoms with Crippen molar-refractivity contribution >= 4 is 28.8 Å². The molecule has 194 valence electrons. The number of ether oxygens (including phenoxy) is 1. The zero-order valence-electron chi connectivity index (χ0n) is 21.8. The molecule has 0 radical (unpaired) electrons. The van der Waals surface area contributed by atoms with Gasteiger partial charge < -0.3 is 15.8 Å². The molecule has 0 saturated heterocycles. The lowest BCUT2D eigenvalue weighted by atomic mass is 9.78. The Hall–Kier alpha value is -2.87. The molecule has 1 amide bonds. The van der Waals surface area contributed by atoms with Crippen LogP contribution in [-0.4, -0.2) is 31.9 Å². The molecule has 7 nitrogen and oxygen atoms in total. The third-order valence-corrected chi connectivity index (χ3v) is 7.49. The molecule has 1 aliphatic rings. The molecule has 36 heavy (non-hydrogen) atoms. The predicted molar refractivity (Wildman–Crippen MR) is 140 cm³/mol. The molecule has 1 fully saturated rings. The van der Waals surface area contributed by atoms with Crippen molar-refractivity contribution in [1.82, 2.24) is 19.7 Å². The molecule has 1 aromatic carbocycles. The van der Waals surface area contributed by atoms with Crippen molar-refractivity contribution in [3.8, 4) is 5.75 Å². The lowest BCUT2D eigenvalue weighted by molar-refractivity contribution is 0.0859. The van der Waals surface area contributed by atoms with E-state index >= 15 is 4.39 Å². The number of nitrogens with two attached hydrogens (primary N) is 1. The molecular formula is C27H35ClFN5O2. The van der Waals surface area contributed by atoms with E-state index in [-0.39, 0.29) is 22.4 Å². The number of aromatic nitrogens is 3. The van der Waals surface area contributed by atoms with Crippen LogP contribution in [0.25, 0.3) is 5.52 Å². The summed E-state index contributed by atoms with van der Waals surface area (Å²) in [6, 6.07) is 1.53. The van der Waals surface area contributed by atoms with Crippen LogP contribution in [0.2, 0.25) is 5.02 Å². The van der Waals surface area contributed by atoms with Gasteiger partial charge in [-0.1, -0.05) is 25.4 Å². The van der Waals surface area contributed by atoms with E-state index in [4.69, 9.17) is 27.1 Å². The maximum Gasteiger partial charge on any atom is 0.258 e. The van der Waals surface area contributed by atoms with Crippen LogP contribution in [0.4, 0.5) is 10.2 Å². The smallest absolute Gasteiger partial charge is 0.258 e. The number of rotatable bonds is 6. The van der Waals surface area contributed by atoms with Crippen molar-refractivity contribution in [1.29, 1.82) is 0 Å². The van der Waals surface area contributed by atoms with Crippen LogP contribution in [0, 0.1) is 18.7 Å². The predicted octanol–water partition coefficient (Wildman–Crippen LogP) is 6.05. The number of halogens is 2. The molecule has 3 N–H and O–H groups in total. The number of aryl methyl sites for hydroxylation is 1. The monoisotopic (exact) mass is 515 g/mol. The van der Waals surface area contributed by atoms with Crippen LogP contribution in [0.15, 0.2) is 18.5 Å². The lowest BCUT2D eigenvalue weighted by Gasteiger charge is -2.37. The molecule has 9 heteroatoms. The first-order valence-electron chi connectivity index (χ1n) is 12.5. The van der Waals surface area contributed by atoms with E-state index in [9.17, 15) is 4.79 Å². The van der Waals surface area contributed by atoms with Crippen molar-refractivity contribution in [3.63, 3.8) is 0 Å². The van der Waals surface area contributed by atoms with Gasteiger partial charge in [0.25, 0.3) is 5.91 Å². The minimum Gasteiger partial charge on any atom is -0.490 e. The number of fused-ring (bicyclic) bond motifs is 1. The summed E-state index contributed by atoms with van der Waals surface area (Å²) < 4.78 is 23.5. The molecule has 1 aliphatic carbocycles. The number of nitrogens with zero attached hydrogens (tertiary/aromatic N) is 3. The van der Waals surface area contributed by atoms with Crippen LogP contribution in [0.3, 0.4) is 0 Å². The summed E-state index contributed by atoms with van der Waals surface area (Å²) in [5.74, 6) is 0.125. The zero-order valence-corrected chi connectivity index (χ0v) is 22.5. The maximum absolute atomic E-state index is 15.5. The van der Waals surface area contributed by atoms with Gasteiger partial charge in [0.2, 0.25) is 0 Å². The van der Waals surface area contributed by atoms with Crippen molar-refractivity contribution < 1.29 is 13.9 Å². The molecule has 0 aliphatic heterocycles. The minimum absolute atomic E-state index is 0.140. The number of nitrogen functional groups attached to an aromatic ring is 1. The van der Waals surface area contributed by atoms with Crippen molar-refractivity contribution in [2.75, 3.05) is 5.73 Å². The fourth-order valence-electron chi connectivity index (χ4n) is 5.09. The summed E-state index contributed by atoms with van der Waals surface area (Å²) in [5.41, 5.74) is 7.52. The van der Waals surface area contributed by atoms with Crippen LogP contribution in [0.5, 0.6) is 5.75 Å². The fourth-order valence-corrected chi connectivity index (χ4v) is 5.30. The lowest BCUT2D eigenvalue weighted by Crippen LogP contribution is -2.48. The highest BCUT2D eigenvalue weighted by Crippen LogP contribution is 2.40. The van der Waals surface area contributed by atoms with E-state index in [0.717, 1.165) is 31.4 Å². The van der Waals surface area contributed by atoms with E-state index in [1.165, 1.54) is 6.07 Å². The van der Waals surface area contributed by atoms with Gasteiger partial charge in [-0.05, 0) is 65.4 Å². The number of nitrogens with one attached hydrogen (secondary N) is 1. The number of anilines is 1. The molecule has 3 aromatic rings. The molecule has 4 rings (SSSR count). The first kappa shape index (κ1) is 26.2. The molecule has 1 atom stereocenters. The van der Waals surface area contributed by atoms with Gasteiger partial charge in [0, 0.05) is 29.4 Å². The second kappa shape index (κ2) is 9.88. The number of amides is 1. The number of carbonyl (C=O) groups is 1. The number of carbonyl (C=O) groups excluding carboxylic acids is 1. The van der Waals surface area contributed by atoms with E-state index in [1.54, 1.807) is 12.4 Å². The Labute approximate surface area is 216 Å². The standard InChI is InChI=1S/C27H35ClFN5O2/c1-14(2)36-23-18(16(4)25-32-17(5)22-24(30)31-11-12-34(22)25)13-19(28)21(29)20(23)26(35)33-27(6)9-7-15(3)8-10-27/h11-16H,7-10H2,1-6H3,(H2,30,31)(H,33,35)/t15?,16-,27?/m0/s1. The van der Waals surface area contributed by atoms with E-state index in [1.807, 2.05) is 39.0 Å². The Kier molecular flexibility index (Phi) is 7.19. The van der Waals surface area contributed by atoms with Gasteiger partial charge in [0.05, 0.1) is 16.8 Å². The van der Waals surface area contributed by atoms with Gasteiger partial charge in [-0.3, -0.25) is 9.20 Å². The van der Waals surface area contributed by atoms with E-state index in [2.05, 4.69) is 17.2 Å². The highest BCUT2D eigenvalue weighted by molar-refractivity contribution is 6.31. The Morgan fingerprint density at radius 1 is 1.33 bits per heavy atom. The van der Waals surface area contributed by atoms with Gasteiger partial charge in [-0.25, -0.2) is 14.4 Å². The zero-order chi connectivity index (χ0) is 26.4. The number of benzene rings is 1. The second-order valence-electron chi connectivity index (χ2n) is 10.6. The number of imidazole rings is 1. The first-order chi connectivity index (χ1) is 16.9. The summed E-state index contributed by atoms with van der Waals surface area (Å²) in [6.07, 6.45) is 6.78. The SMILES string of the molecule is Cc1nc([C@@H](C)c2cc(Cl)c(F)c(C(=O)NC3(C)CCC(C)CC3)c2OC(C)C)n2ccnc(N)c12. The molecule has 0 bridgehead atoms. The second-order valence-corrected chi connectivity index (χ2v) is 11.0. The van der Waals surface area contributed by atoms with Crippen molar-refractivity contribution in [2.24, 2.45) is 5.92 Å². The summed E-state index contributed by atoms with van der Waals surface area (Å²) in [6.45, 7) is 11.7. The van der Waals surface area contributed by atoms with Gasteiger partial charge >= 0.3 is 0 Å². The van der Waals surface area contributed by atoms with E-state index < -0.39 is 23.2 Å². The van der Waals surface area contributed by atoms with E-state index in [0.29, 0.717) is 28.6 Å². The van der Waals surface area contributed by atoms with Crippen LogP contribution >= 0.6 is 11.6 Å².